The van der Waals surface area contributed by atoms with Crippen molar-refractivity contribution in [1.82, 2.24) is 24.4 Å². The van der Waals surface area contributed by atoms with Crippen molar-refractivity contribution < 1.29 is 9.59 Å². The van der Waals surface area contributed by atoms with Crippen LogP contribution in [0.15, 0.2) is 54.3 Å². The summed E-state index contributed by atoms with van der Waals surface area (Å²) >= 11 is 1.53. The van der Waals surface area contributed by atoms with E-state index in [1.807, 2.05) is 47.5 Å². The van der Waals surface area contributed by atoms with Gasteiger partial charge in [-0.1, -0.05) is 6.07 Å². The smallest absolute Gasteiger partial charge is 0.257 e. The number of aromatic nitrogens is 3. The van der Waals surface area contributed by atoms with E-state index in [1.165, 1.54) is 11.3 Å². The fraction of sp³-hybridized carbons (Fsp3) is 0.200. The third kappa shape index (κ3) is 2.82. The Morgan fingerprint density at radius 3 is 2.57 bits per heavy atom. The minimum absolute atomic E-state index is 0.00150. The lowest BCUT2D eigenvalue weighted by Crippen LogP contribution is -2.50. The number of rotatable bonds is 2. The number of hydrogen-bond acceptors (Lipinski definition) is 5. The molecule has 5 rings (SSSR count). The molecule has 0 N–H and O–H groups in total. The van der Waals surface area contributed by atoms with Crippen LogP contribution in [-0.2, 0) is 0 Å². The Bertz CT molecular complexity index is 1190. The molecule has 0 radical (unpaired) electrons. The Morgan fingerprint density at radius 1 is 0.964 bits per heavy atom. The second-order valence-corrected chi connectivity index (χ2v) is 7.59. The Balaban J connectivity index is 1.29. The molecule has 1 aliphatic rings. The van der Waals surface area contributed by atoms with E-state index >= 15 is 0 Å². The van der Waals surface area contributed by atoms with Crippen LogP contribution in [0.25, 0.3) is 15.7 Å². The zero-order chi connectivity index (χ0) is 19.1. The molecule has 0 aliphatic carbocycles. The number of amides is 2. The highest BCUT2D eigenvalue weighted by Gasteiger charge is 2.27. The molecule has 7 nitrogen and oxygen atoms in total. The Kier molecular flexibility index (Phi) is 4.05. The van der Waals surface area contributed by atoms with Crippen LogP contribution < -0.4 is 0 Å². The zero-order valence-corrected chi connectivity index (χ0v) is 15.8. The number of thiazole rings is 1. The Morgan fingerprint density at radius 2 is 1.75 bits per heavy atom. The van der Waals surface area contributed by atoms with Gasteiger partial charge in [0, 0.05) is 37.9 Å². The van der Waals surface area contributed by atoms with E-state index in [0.29, 0.717) is 37.3 Å². The molecule has 1 fully saturated rings. The summed E-state index contributed by atoms with van der Waals surface area (Å²) < 4.78 is 2.70. The number of pyridine rings is 1. The highest BCUT2D eigenvalue weighted by molar-refractivity contribution is 7.16. The summed E-state index contributed by atoms with van der Waals surface area (Å²) in [6, 6.07) is 11.2. The molecule has 4 heterocycles. The molecule has 1 aliphatic heterocycles. The molecular weight excluding hydrogens is 374 g/mol. The van der Waals surface area contributed by atoms with Gasteiger partial charge in [-0.2, -0.15) is 5.10 Å². The minimum atomic E-state index is -0.0422. The average Bonchev–Trinajstić information content (AvgIpc) is 3.39. The fourth-order valence-corrected chi connectivity index (χ4v) is 4.27. The normalized spacial score (nSPS) is 14.7. The maximum Gasteiger partial charge on any atom is 0.257 e. The van der Waals surface area contributed by atoms with E-state index in [9.17, 15) is 9.59 Å². The van der Waals surface area contributed by atoms with Gasteiger partial charge in [-0.05, 0) is 30.3 Å². The third-order valence-corrected chi connectivity index (χ3v) is 5.88. The van der Waals surface area contributed by atoms with Crippen LogP contribution in [0, 0.1) is 0 Å². The molecule has 8 heteroatoms. The van der Waals surface area contributed by atoms with Crippen LogP contribution in [0.1, 0.15) is 20.7 Å². The summed E-state index contributed by atoms with van der Waals surface area (Å²) in [6.07, 6.45) is 3.43. The number of hydrogen-bond donors (Lipinski definition) is 0. The van der Waals surface area contributed by atoms with Gasteiger partial charge in [0.2, 0.25) is 0 Å². The van der Waals surface area contributed by atoms with E-state index in [2.05, 4.69) is 10.1 Å². The van der Waals surface area contributed by atoms with Crippen LogP contribution >= 0.6 is 11.3 Å². The monoisotopic (exact) mass is 391 g/mol. The summed E-state index contributed by atoms with van der Waals surface area (Å²) in [5, 5.41) is 4.24. The first-order valence-electron chi connectivity index (χ1n) is 9.05. The minimum Gasteiger partial charge on any atom is -0.335 e. The van der Waals surface area contributed by atoms with Crippen LogP contribution in [0.4, 0.5) is 0 Å². The number of nitrogens with zero attached hydrogens (tertiary/aromatic N) is 5. The first-order chi connectivity index (χ1) is 13.7. The molecule has 0 spiro atoms. The predicted octanol–water partition coefficient (Wildman–Crippen LogP) is 2.54. The standard InChI is InChI=1S/C20H17N5O2S/c26-19(14-4-5-16-18(11-14)28-13-21-16)23-7-9-24(10-8-23)20(27)15-12-22-25-6-2-1-3-17(15)25/h1-6,11-13H,7-10H2. The van der Waals surface area contributed by atoms with Gasteiger partial charge >= 0.3 is 0 Å². The molecule has 0 atom stereocenters. The van der Waals surface area contributed by atoms with Gasteiger partial charge in [0.1, 0.15) is 0 Å². The van der Waals surface area contributed by atoms with Crippen LogP contribution in [-0.4, -0.2) is 62.4 Å². The second-order valence-electron chi connectivity index (χ2n) is 6.71. The van der Waals surface area contributed by atoms with E-state index in [4.69, 9.17) is 0 Å². The van der Waals surface area contributed by atoms with Crippen molar-refractivity contribution in [3.8, 4) is 0 Å². The molecule has 28 heavy (non-hydrogen) atoms. The summed E-state index contributed by atoms with van der Waals surface area (Å²) in [5.41, 5.74) is 4.74. The number of benzene rings is 1. The van der Waals surface area contributed by atoms with E-state index in [1.54, 1.807) is 21.1 Å². The quantitative estimate of drug-likeness (QED) is 0.527. The van der Waals surface area contributed by atoms with Gasteiger partial charge in [0.05, 0.1) is 33.0 Å². The first-order valence-corrected chi connectivity index (χ1v) is 9.93. The van der Waals surface area contributed by atoms with Gasteiger partial charge in [0.25, 0.3) is 11.8 Å². The number of piperazine rings is 1. The van der Waals surface area contributed by atoms with Crippen molar-refractivity contribution in [3.05, 3.63) is 65.4 Å². The average molecular weight is 391 g/mol. The van der Waals surface area contributed by atoms with Crippen LogP contribution in [0.3, 0.4) is 0 Å². The highest BCUT2D eigenvalue weighted by Crippen LogP contribution is 2.21. The third-order valence-electron chi connectivity index (χ3n) is 5.09. The van der Waals surface area contributed by atoms with Gasteiger partial charge in [0.15, 0.2) is 0 Å². The summed E-state index contributed by atoms with van der Waals surface area (Å²) in [5.74, 6) is -0.0437. The summed E-state index contributed by atoms with van der Waals surface area (Å²) in [7, 11) is 0. The number of carbonyl (C=O) groups is 2. The lowest BCUT2D eigenvalue weighted by molar-refractivity contribution is 0.0536. The van der Waals surface area contributed by atoms with E-state index in [0.717, 1.165) is 15.7 Å². The lowest BCUT2D eigenvalue weighted by atomic mass is 10.1. The molecule has 0 unspecified atom stereocenters. The number of carbonyl (C=O) groups excluding carboxylic acids is 2. The molecule has 1 aromatic carbocycles. The molecule has 4 aromatic rings. The topological polar surface area (TPSA) is 70.8 Å². The Labute approximate surface area is 164 Å². The largest absolute Gasteiger partial charge is 0.335 e. The Hall–Kier alpha value is -3.26. The van der Waals surface area contributed by atoms with Crippen molar-refractivity contribution >= 4 is 38.9 Å². The predicted molar refractivity (Wildman–Crippen MR) is 107 cm³/mol. The maximum atomic E-state index is 12.9. The second kappa shape index (κ2) is 6.72. The SMILES string of the molecule is O=C(c1ccc2ncsc2c1)N1CCN(C(=O)c2cnn3ccccc23)CC1. The van der Waals surface area contributed by atoms with Gasteiger partial charge < -0.3 is 9.80 Å². The zero-order valence-electron chi connectivity index (χ0n) is 15.0. The number of fused-ring (bicyclic) bond motifs is 2. The molecule has 2 amide bonds. The summed E-state index contributed by atoms with van der Waals surface area (Å²) in [6.45, 7) is 2.06. The van der Waals surface area contributed by atoms with Crippen molar-refractivity contribution in [3.63, 3.8) is 0 Å². The fourth-order valence-electron chi connectivity index (χ4n) is 3.55. The van der Waals surface area contributed by atoms with Crippen LogP contribution in [0.5, 0.6) is 0 Å². The van der Waals surface area contributed by atoms with Crippen molar-refractivity contribution in [2.45, 2.75) is 0 Å². The molecule has 3 aromatic heterocycles. The highest BCUT2D eigenvalue weighted by atomic mass is 32.1. The molecule has 140 valence electrons. The molecule has 1 saturated heterocycles. The van der Waals surface area contributed by atoms with Gasteiger partial charge in [-0.3, -0.25) is 9.59 Å². The molecule has 0 saturated carbocycles. The van der Waals surface area contributed by atoms with Crippen molar-refractivity contribution in [2.75, 3.05) is 26.2 Å². The molecular formula is C20H17N5O2S. The van der Waals surface area contributed by atoms with Gasteiger partial charge in [-0.15, -0.1) is 11.3 Å². The van der Waals surface area contributed by atoms with Crippen LogP contribution in [0.2, 0.25) is 0 Å². The van der Waals surface area contributed by atoms with Gasteiger partial charge in [-0.25, -0.2) is 9.50 Å². The lowest BCUT2D eigenvalue weighted by Gasteiger charge is -2.34. The summed E-state index contributed by atoms with van der Waals surface area (Å²) in [4.78, 5) is 33.6. The maximum absolute atomic E-state index is 12.9. The van der Waals surface area contributed by atoms with E-state index < -0.39 is 0 Å². The van der Waals surface area contributed by atoms with Crippen molar-refractivity contribution in [1.29, 1.82) is 0 Å². The molecule has 0 bridgehead atoms. The van der Waals surface area contributed by atoms with E-state index in [-0.39, 0.29) is 11.8 Å². The first kappa shape index (κ1) is 16.9. The van der Waals surface area contributed by atoms with Crippen molar-refractivity contribution in [2.24, 2.45) is 0 Å².